The molecule has 0 bridgehead atoms. The van der Waals surface area contributed by atoms with Crippen molar-refractivity contribution in [2.24, 2.45) is 18.0 Å². The molecule has 0 aliphatic carbocycles. The van der Waals surface area contributed by atoms with E-state index in [2.05, 4.69) is 24.9 Å². The van der Waals surface area contributed by atoms with E-state index in [-0.39, 0.29) is 23.6 Å². The molecule has 1 atom stereocenters. The van der Waals surface area contributed by atoms with E-state index in [4.69, 9.17) is 16.2 Å². The number of aromatic nitrogens is 5. The molecule has 0 radical (unpaired) electrons. The molecule has 0 saturated heterocycles. The Bertz CT molecular complexity index is 1040. The molecule has 5 N–H and O–H groups in total. The first-order chi connectivity index (χ1) is 13.7. The maximum absolute atomic E-state index is 8.63. The van der Waals surface area contributed by atoms with Gasteiger partial charge in [-0.3, -0.25) is 10.4 Å². The minimum Gasteiger partial charge on any atom is -0.577 e. The average Bonchev–Trinajstić information content (AvgIpc) is 3.14. The van der Waals surface area contributed by atoms with Crippen LogP contribution in [0.25, 0.3) is 11.3 Å². The standard InChI is InChI=1S/C20H24N8O/c1-12(2)20(3,18(21)27-17(29)16-10-28(4)11-26-16)14-5-6-15(23-9-14)13-7-24-19(22)25-8-13/h5-12H,1-4H3,(H2,21,27,29)(H2,22,24,25)/p+1. The largest absolute Gasteiger partial charge is 0.577 e. The van der Waals surface area contributed by atoms with Crippen LogP contribution >= 0.6 is 0 Å². The van der Waals surface area contributed by atoms with E-state index in [1.165, 1.54) is 0 Å². The molecule has 3 aromatic heterocycles. The van der Waals surface area contributed by atoms with Gasteiger partial charge in [-0.1, -0.05) is 19.9 Å². The summed E-state index contributed by atoms with van der Waals surface area (Å²) in [5.41, 5.74) is 7.56. The fourth-order valence-electron chi connectivity index (χ4n) is 2.91. The van der Waals surface area contributed by atoms with E-state index in [9.17, 15) is 0 Å². The molecule has 9 nitrogen and oxygen atoms in total. The van der Waals surface area contributed by atoms with Crippen LogP contribution in [0.4, 0.5) is 5.95 Å². The molecular formula is C20H25N8O+. The predicted octanol–water partition coefficient (Wildman–Crippen LogP) is 1.92. The van der Waals surface area contributed by atoms with Gasteiger partial charge in [0, 0.05) is 37.4 Å². The number of pyridine rings is 1. The van der Waals surface area contributed by atoms with Crippen LogP contribution in [0.2, 0.25) is 0 Å². The molecule has 0 aliphatic heterocycles. The van der Waals surface area contributed by atoms with Gasteiger partial charge in [-0.25, -0.2) is 15.0 Å². The summed E-state index contributed by atoms with van der Waals surface area (Å²) in [6.45, 7) is 5.99. The van der Waals surface area contributed by atoms with Crippen LogP contribution in [-0.2, 0) is 12.5 Å². The minimum atomic E-state index is -0.718. The lowest BCUT2D eigenvalue weighted by Gasteiger charge is -2.32. The van der Waals surface area contributed by atoms with Crippen LogP contribution in [0.5, 0.6) is 0 Å². The van der Waals surface area contributed by atoms with Crippen LogP contribution < -0.4 is 5.73 Å². The molecule has 0 fully saturated rings. The summed E-state index contributed by atoms with van der Waals surface area (Å²) in [6.07, 6.45) is 8.29. The maximum atomic E-state index is 8.63. The number of nitrogens with one attached hydrogen (secondary N) is 1. The van der Waals surface area contributed by atoms with Gasteiger partial charge in [0.25, 0.3) is 0 Å². The number of nitrogens with zero attached hydrogens (tertiary/aromatic N) is 6. The summed E-state index contributed by atoms with van der Waals surface area (Å²) in [6, 6.07) is 3.79. The number of aryl methyl sites for hydroxylation is 1. The number of nitrogen functional groups attached to an aromatic ring is 1. The van der Waals surface area contributed by atoms with Crippen LogP contribution in [0.1, 0.15) is 32.0 Å². The molecule has 1 unspecified atom stereocenters. The van der Waals surface area contributed by atoms with Crippen LogP contribution in [0.3, 0.4) is 0 Å². The number of hydrogen-bond donors (Lipinski definition) is 2. The van der Waals surface area contributed by atoms with Gasteiger partial charge >= 0.3 is 5.90 Å². The Labute approximate surface area is 168 Å². The average molecular weight is 393 g/mol. The summed E-state index contributed by atoms with van der Waals surface area (Å²) in [4.78, 5) is 20.9. The smallest absolute Gasteiger partial charge is 0.386 e. The van der Waals surface area contributed by atoms with Gasteiger partial charge in [0.15, 0.2) is 5.69 Å². The number of aliphatic imine (C=N–C) groups is 1. The maximum Gasteiger partial charge on any atom is 0.386 e. The van der Waals surface area contributed by atoms with E-state index in [0.29, 0.717) is 11.4 Å². The lowest BCUT2D eigenvalue weighted by atomic mass is 9.73. The van der Waals surface area contributed by atoms with Crippen LogP contribution in [0, 0.1) is 11.3 Å². The topological polar surface area (TPSA) is 142 Å². The van der Waals surface area contributed by atoms with Crippen molar-refractivity contribution in [1.29, 1.82) is 5.41 Å². The molecule has 3 heterocycles. The highest BCUT2D eigenvalue weighted by molar-refractivity contribution is 6.03. The summed E-state index contributed by atoms with van der Waals surface area (Å²) < 4.78 is 1.74. The van der Waals surface area contributed by atoms with Crippen LogP contribution in [0.15, 0.2) is 48.2 Å². The first-order valence-electron chi connectivity index (χ1n) is 9.14. The summed E-state index contributed by atoms with van der Waals surface area (Å²) in [5.74, 6) is 0.325. The Kier molecular flexibility index (Phi) is 5.40. The third-order valence-electron chi connectivity index (χ3n) is 5.15. The zero-order valence-corrected chi connectivity index (χ0v) is 16.9. The molecule has 3 aromatic rings. The zero-order valence-electron chi connectivity index (χ0n) is 16.9. The van der Waals surface area contributed by atoms with Gasteiger partial charge in [-0.15, -0.1) is 4.99 Å². The molecular weight excluding hydrogens is 368 g/mol. The highest BCUT2D eigenvalue weighted by Crippen LogP contribution is 2.34. The molecule has 0 amide bonds. The van der Waals surface area contributed by atoms with Crippen molar-refractivity contribution in [3.63, 3.8) is 0 Å². The predicted molar refractivity (Wildman–Crippen MR) is 113 cm³/mol. The lowest BCUT2D eigenvalue weighted by Crippen LogP contribution is -2.37. The number of nitrogens with two attached hydrogens (primary N) is 1. The van der Waals surface area contributed by atoms with Gasteiger partial charge in [-0.05, 0) is 24.5 Å². The van der Waals surface area contributed by atoms with Crippen molar-refractivity contribution >= 4 is 17.7 Å². The molecule has 0 spiro atoms. The second-order valence-corrected chi connectivity index (χ2v) is 7.35. The quantitative estimate of drug-likeness (QED) is 0.387. The number of amidine groups is 1. The van der Waals surface area contributed by atoms with Gasteiger partial charge in [0.2, 0.25) is 5.95 Å². The fraction of sp³-hybridized carbons (Fsp3) is 0.300. The van der Waals surface area contributed by atoms with Crippen molar-refractivity contribution < 1.29 is 5.11 Å². The molecule has 0 saturated carbocycles. The van der Waals surface area contributed by atoms with Crippen molar-refractivity contribution in [3.05, 3.63) is 54.5 Å². The monoisotopic (exact) mass is 393 g/mol. The highest BCUT2D eigenvalue weighted by Gasteiger charge is 2.37. The first-order valence-corrected chi connectivity index (χ1v) is 9.14. The van der Waals surface area contributed by atoms with Gasteiger partial charge < -0.3 is 15.4 Å². The van der Waals surface area contributed by atoms with E-state index >= 15 is 0 Å². The molecule has 9 heteroatoms. The van der Waals surface area contributed by atoms with E-state index in [1.807, 2.05) is 40.0 Å². The number of anilines is 1. The molecule has 0 aromatic carbocycles. The second-order valence-electron chi connectivity index (χ2n) is 7.35. The minimum absolute atomic E-state index is 0.0360. The highest BCUT2D eigenvalue weighted by atomic mass is 16.3. The Morgan fingerprint density at radius 2 is 1.86 bits per heavy atom. The van der Waals surface area contributed by atoms with E-state index < -0.39 is 5.41 Å². The second kappa shape index (κ2) is 7.78. The number of imidazole rings is 1. The van der Waals surface area contributed by atoms with Crippen molar-refractivity contribution in [2.75, 3.05) is 5.73 Å². The summed E-state index contributed by atoms with van der Waals surface area (Å²) in [5, 5.41) is 16.8. The van der Waals surface area contributed by atoms with Crippen molar-refractivity contribution in [1.82, 2.24) is 24.5 Å². The van der Waals surface area contributed by atoms with E-state index in [1.54, 1.807) is 35.7 Å². The Balaban J connectivity index is 1.93. The van der Waals surface area contributed by atoms with Crippen molar-refractivity contribution in [2.45, 2.75) is 26.2 Å². The third kappa shape index (κ3) is 3.98. The molecule has 0 aliphatic rings. The Morgan fingerprint density at radius 3 is 2.38 bits per heavy atom. The van der Waals surface area contributed by atoms with Gasteiger partial charge in [0.1, 0.15) is 5.84 Å². The number of rotatable bonds is 5. The summed E-state index contributed by atoms with van der Waals surface area (Å²) >= 11 is 0. The van der Waals surface area contributed by atoms with E-state index in [0.717, 1.165) is 11.1 Å². The molecule has 3 rings (SSSR count). The van der Waals surface area contributed by atoms with Gasteiger partial charge in [0.05, 0.1) is 17.4 Å². The number of hydrogen-bond acceptors (Lipinski definition) is 6. The van der Waals surface area contributed by atoms with Gasteiger partial charge in [-0.2, -0.15) is 0 Å². The lowest BCUT2D eigenvalue weighted by molar-refractivity contribution is 0.442. The molecule has 150 valence electrons. The summed E-state index contributed by atoms with van der Waals surface area (Å²) in [7, 11) is 1.83. The Morgan fingerprint density at radius 1 is 1.17 bits per heavy atom. The van der Waals surface area contributed by atoms with Crippen molar-refractivity contribution in [3.8, 4) is 11.3 Å². The van der Waals surface area contributed by atoms with Crippen LogP contribution in [-0.4, -0.2) is 41.3 Å². The SMILES string of the molecule is CC(C)C(C)(C(=N)N=C([OH2+])c1cn(C)cn1)c1ccc(-c2cnc(N)nc2)nc1. The Hall–Kier alpha value is -3.62. The first kappa shape index (κ1) is 20.1. The third-order valence-corrected chi connectivity index (χ3v) is 5.15. The zero-order chi connectivity index (χ0) is 21.2. The normalized spacial score (nSPS) is 14.0. The fourth-order valence-corrected chi connectivity index (χ4v) is 2.91. The molecule has 29 heavy (non-hydrogen) atoms.